The third-order valence-electron chi connectivity index (χ3n) is 3.92. The van der Waals surface area contributed by atoms with E-state index < -0.39 is 6.10 Å². The Morgan fingerprint density at radius 1 is 1.45 bits per heavy atom. The van der Waals surface area contributed by atoms with Crippen LogP contribution in [-0.2, 0) is 11.2 Å². The van der Waals surface area contributed by atoms with E-state index in [0.717, 1.165) is 11.1 Å². The predicted octanol–water partition coefficient (Wildman–Crippen LogP) is 0.810. The average Bonchev–Trinajstić information content (AvgIpc) is 2.75. The minimum absolute atomic E-state index is 0.0201. The molecule has 1 aromatic carbocycles. The minimum atomic E-state index is -0.511. The Balaban J connectivity index is 2.02. The molecule has 0 spiro atoms. The zero-order valence-electron chi connectivity index (χ0n) is 12.1. The third-order valence-corrected chi connectivity index (χ3v) is 3.92. The van der Waals surface area contributed by atoms with Gasteiger partial charge in [-0.1, -0.05) is 6.07 Å². The summed E-state index contributed by atoms with van der Waals surface area (Å²) >= 11 is 0. The highest BCUT2D eigenvalue weighted by Crippen LogP contribution is 2.17. The topological polar surface area (TPSA) is 43.8 Å². The molecule has 20 heavy (non-hydrogen) atoms. The van der Waals surface area contributed by atoms with Crippen LogP contribution < -0.4 is 0 Å². The lowest BCUT2D eigenvalue weighted by atomic mass is 10.1. The van der Waals surface area contributed by atoms with Crippen LogP contribution >= 0.6 is 0 Å². The van der Waals surface area contributed by atoms with Gasteiger partial charge in [0.2, 0.25) is 5.91 Å². The first-order valence-electron chi connectivity index (χ1n) is 6.75. The second-order valence-corrected chi connectivity index (χ2v) is 5.64. The summed E-state index contributed by atoms with van der Waals surface area (Å²) in [5.41, 5.74) is 1.61. The number of halogens is 1. The molecule has 5 heteroatoms. The van der Waals surface area contributed by atoms with E-state index in [9.17, 15) is 14.3 Å². The first-order chi connectivity index (χ1) is 9.38. The van der Waals surface area contributed by atoms with Gasteiger partial charge in [-0.15, -0.1) is 0 Å². The van der Waals surface area contributed by atoms with E-state index >= 15 is 0 Å². The largest absolute Gasteiger partial charge is 0.390 e. The maximum atomic E-state index is 13.0. The van der Waals surface area contributed by atoms with Gasteiger partial charge < -0.3 is 14.9 Å². The predicted molar refractivity (Wildman–Crippen MR) is 74.9 cm³/mol. The number of rotatable bonds is 3. The number of β-amino-alcohol motifs (C(OH)–C–C–N with tert-alkyl or cyclic N) is 1. The highest BCUT2D eigenvalue weighted by molar-refractivity contribution is 5.79. The highest BCUT2D eigenvalue weighted by Gasteiger charge is 2.35. The number of likely N-dealkylation sites (N-methyl/N-ethyl adjacent to an activating group) is 1. The fourth-order valence-electron chi connectivity index (χ4n) is 2.61. The van der Waals surface area contributed by atoms with Crippen molar-refractivity contribution in [2.45, 2.75) is 25.5 Å². The molecule has 0 aromatic heterocycles. The van der Waals surface area contributed by atoms with Crippen LogP contribution in [0.2, 0.25) is 0 Å². The Kier molecular flexibility index (Phi) is 4.40. The molecule has 1 saturated heterocycles. The molecular weight excluding hydrogens is 259 g/mol. The van der Waals surface area contributed by atoms with Crippen LogP contribution in [0, 0.1) is 12.7 Å². The van der Waals surface area contributed by atoms with Gasteiger partial charge in [-0.2, -0.15) is 0 Å². The number of hydrogen-bond donors (Lipinski definition) is 1. The number of nitrogens with zero attached hydrogens (tertiary/aromatic N) is 2. The van der Waals surface area contributed by atoms with Gasteiger partial charge in [-0.25, -0.2) is 4.39 Å². The van der Waals surface area contributed by atoms with E-state index in [1.165, 1.54) is 12.1 Å². The Labute approximate surface area is 118 Å². The molecular formula is C15H21FN2O2. The van der Waals surface area contributed by atoms with Crippen molar-refractivity contribution in [2.24, 2.45) is 0 Å². The number of aryl methyl sites for hydroxylation is 1. The molecule has 0 radical (unpaired) electrons. The number of likely N-dealkylation sites (tertiary alicyclic amines) is 1. The summed E-state index contributed by atoms with van der Waals surface area (Å²) in [6.45, 7) is 2.70. The summed E-state index contributed by atoms with van der Waals surface area (Å²) < 4.78 is 13.0. The first kappa shape index (κ1) is 14.9. The van der Waals surface area contributed by atoms with Crippen molar-refractivity contribution in [3.05, 3.63) is 35.1 Å². The molecule has 0 bridgehead atoms. The first-order valence-corrected chi connectivity index (χ1v) is 6.75. The van der Waals surface area contributed by atoms with E-state index in [1.807, 2.05) is 19.0 Å². The van der Waals surface area contributed by atoms with Gasteiger partial charge >= 0.3 is 0 Å². The summed E-state index contributed by atoms with van der Waals surface area (Å²) in [6.07, 6.45) is -0.262. The van der Waals surface area contributed by atoms with Crippen LogP contribution in [0.1, 0.15) is 11.1 Å². The molecule has 1 aromatic rings. The number of aliphatic hydroxyl groups excluding tert-OH is 1. The van der Waals surface area contributed by atoms with E-state index in [1.54, 1.807) is 17.9 Å². The van der Waals surface area contributed by atoms with Crippen molar-refractivity contribution >= 4 is 5.91 Å². The highest BCUT2D eigenvalue weighted by atomic mass is 19.1. The van der Waals surface area contributed by atoms with Gasteiger partial charge in [0.25, 0.3) is 0 Å². The van der Waals surface area contributed by atoms with Gasteiger partial charge in [-0.05, 0) is 44.3 Å². The van der Waals surface area contributed by atoms with Crippen molar-refractivity contribution in [2.75, 3.05) is 27.2 Å². The molecule has 1 amide bonds. The van der Waals surface area contributed by atoms with E-state index in [0.29, 0.717) is 13.1 Å². The molecule has 1 N–H and O–H groups in total. The van der Waals surface area contributed by atoms with Crippen molar-refractivity contribution < 1.29 is 14.3 Å². The Morgan fingerprint density at radius 2 is 2.15 bits per heavy atom. The number of aliphatic hydroxyl groups is 1. The van der Waals surface area contributed by atoms with Gasteiger partial charge in [0, 0.05) is 13.1 Å². The second kappa shape index (κ2) is 5.89. The van der Waals surface area contributed by atoms with Crippen LogP contribution in [0.4, 0.5) is 4.39 Å². The molecule has 0 saturated carbocycles. The Hall–Kier alpha value is -1.46. The SMILES string of the molecule is Cc1cc(F)ccc1CC(=O)N1CC(O)C(N(C)C)C1. The van der Waals surface area contributed by atoms with Gasteiger partial charge in [-0.3, -0.25) is 4.79 Å². The lowest BCUT2D eigenvalue weighted by Crippen LogP contribution is -2.38. The maximum Gasteiger partial charge on any atom is 0.227 e. The molecule has 1 aliphatic rings. The van der Waals surface area contributed by atoms with E-state index in [2.05, 4.69) is 0 Å². The second-order valence-electron chi connectivity index (χ2n) is 5.64. The van der Waals surface area contributed by atoms with Gasteiger partial charge in [0.1, 0.15) is 5.82 Å². The van der Waals surface area contributed by atoms with Crippen molar-refractivity contribution in [3.63, 3.8) is 0 Å². The van der Waals surface area contributed by atoms with Crippen LogP contribution in [-0.4, -0.2) is 60.1 Å². The number of carbonyl (C=O) groups is 1. The number of carbonyl (C=O) groups excluding carboxylic acids is 1. The number of benzene rings is 1. The molecule has 1 heterocycles. The molecule has 2 unspecified atom stereocenters. The van der Waals surface area contributed by atoms with Crippen molar-refractivity contribution in [1.82, 2.24) is 9.80 Å². The van der Waals surface area contributed by atoms with Crippen LogP contribution in [0.3, 0.4) is 0 Å². The van der Waals surface area contributed by atoms with E-state index in [4.69, 9.17) is 0 Å². The minimum Gasteiger partial charge on any atom is -0.390 e. The molecule has 110 valence electrons. The normalized spacial score (nSPS) is 22.6. The number of amides is 1. The Morgan fingerprint density at radius 3 is 2.70 bits per heavy atom. The van der Waals surface area contributed by atoms with Gasteiger partial charge in [0.15, 0.2) is 0 Å². The zero-order valence-corrected chi connectivity index (χ0v) is 12.1. The summed E-state index contributed by atoms with van der Waals surface area (Å²) in [6, 6.07) is 4.44. The molecule has 2 rings (SSSR count). The monoisotopic (exact) mass is 280 g/mol. The molecule has 1 fully saturated rings. The van der Waals surface area contributed by atoms with Crippen molar-refractivity contribution in [1.29, 1.82) is 0 Å². The van der Waals surface area contributed by atoms with Crippen LogP contribution in [0.15, 0.2) is 18.2 Å². The lowest BCUT2D eigenvalue weighted by Gasteiger charge is -2.21. The smallest absolute Gasteiger partial charge is 0.227 e. The fraction of sp³-hybridized carbons (Fsp3) is 0.533. The average molecular weight is 280 g/mol. The van der Waals surface area contributed by atoms with Crippen LogP contribution in [0.5, 0.6) is 0 Å². The maximum absolute atomic E-state index is 13.0. The Bertz CT molecular complexity index is 505. The summed E-state index contributed by atoms with van der Waals surface area (Å²) in [5.74, 6) is -0.314. The van der Waals surface area contributed by atoms with Crippen molar-refractivity contribution in [3.8, 4) is 0 Å². The summed E-state index contributed by atoms with van der Waals surface area (Å²) in [5, 5.41) is 9.95. The molecule has 1 aliphatic heterocycles. The molecule has 2 atom stereocenters. The zero-order chi connectivity index (χ0) is 14.9. The summed E-state index contributed by atoms with van der Waals surface area (Å²) in [4.78, 5) is 15.9. The van der Waals surface area contributed by atoms with E-state index in [-0.39, 0.29) is 24.2 Å². The number of hydrogen-bond acceptors (Lipinski definition) is 3. The lowest BCUT2D eigenvalue weighted by molar-refractivity contribution is -0.129. The third kappa shape index (κ3) is 3.16. The standard InChI is InChI=1S/C15H21FN2O2/c1-10-6-12(16)5-4-11(10)7-15(20)18-8-13(17(2)3)14(19)9-18/h4-6,13-14,19H,7-9H2,1-3H3. The van der Waals surface area contributed by atoms with Crippen LogP contribution in [0.25, 0.3) is 0 Å². The van der Waals surface area contributed by atoms with Gasteiger partial charge in [0.05, 0.1) is 18.6 Å². The molecule has 4 nitrogen and oxygen atoms in total. The summed E-state index contributed by atoms with van der Waals surface area (Å²) in [7, 11) is 3.79. The molecule has 0 aliphatic carbocycles. The quantitative estimate of drug-likeness (QED) is 0.891. The fourth-order valence-corrected chi connectivity index (χ4v) is 2.61.